The Morgan fingerprint density at radius 2 is 1.12 bits per heavy atom. The summed E-state index contributed by atoms with van der Waals surface area (Å²) in [5.41, 5.74) is 0. The van der Waals surface area contributed by atoms with Crippen LogP contribution < -0.4 is 0 Å². The normalized spacial score (nSPS) is 11.6. The van der Waals surface area contributed by atoms with Crippen molar-refractivity contribution in [2.24, 2.45) is 0 Å². The molecule has 0 aromatic carbocycles. The molecule has 9 heteroatoms. The molecule has 0 radical (unpaired) electrons. The molecule has 0 spiro atoms. The van der Waals surface area contributed by atoms with Gasteiger partial charge in [0.2, 0.25) is 0 Å². The van der Waals surface area contributed by atoms with Crippen LogP contribution in [0.5, 0.6) is 0 Å². The van der Waals surface area contributed by atoms with Crippen molar-refractivity contribution in [1.82, 2.24) is 0 Å². The molecule has 0 heterocycles. The smallest absolute Gasteiger partial charge is 0.306 e. The molecule has 0 fully saturated rings. The highest BCUT2D eigenvalue weighted by atomic mass is 16.6. The molecular weight excluding hydrogens is 444 g/mol. The molecule has 34 heavy (non-hydrogen) atoms. The Balaban J connectivity index is 3.69. The molecule has 0 aliphatic rings. The Bertz CT molecular complexity index is 563. The molecular formula is C25H44O9. The van der Waals surface area contributed by atoms with Gasteiger partial charge in [0.15, 0.2) is 6.10 Å². The maximum atomic E-state index is 11.9. The summed E-state index contributed by atoms with van der Waals surface area (Å²) in [7, 11) is 0. The van der Waals surface area contributed by atoms with Gasteiger partial charge in [0.1, 0.15) is 6.61 Å². The Morgan fingerprint density at radius 1 is 0.647 bits per heavy atom. The van der Waals surface area contributed by atoms with Crippen LogP contribution in [0.2, 0.25) is 0 Å². The predicted octanol–water partition coefficient (Wildman–Crippen LogP) is 4.32. The minimum atomic E-state index is -0.869. The molecule has 0 aliphatic carbocycles. The molecule has 0 saturated heterocycles. The highest BCUT2D eigenvalue weighted by molar-refractivity contribution is 5.70. The van der Waals surface area contributed by atoms with Crippen LogP contribution in [0.1, 0.15) is 110 Å². The van der Waals surface area contributed by atoms with Gasteiger partial charge in [0, 0.05) is 25.7 Å². The fourth-order valence-electron chi connectivity index (χ4n) is 3.17. The summed E-state index contributed by atoms with van der Waals surface area (Å²) < 4.78 is 15.4. The number of aliphatic hydroxyl groups excluding tert-OH is 1. The van der Waals surface area contributed by atoms with E-state index in [9.17, 15) is 24.3 Å². The van der Waals surface area contributed by atoms with Gasteiger partial charge in [-0.2, -0.15) is 0 Å². The molecule has 0 aromatic rings. The number of rotatable bonds is 23. The topological polar surface area (TPSA) is 136 Å². The predicted molar refractivity (Wildman–Crippen MR) is 126 cm³/mol. The van der Waals surface area contributed by atoms with Crippen LogP contribution in [0.3, 0.4) is 0 Å². The number of hydrogen-bond donors (Lipinski definition) is 2. The van der Waals surface area contributed by atoms with Crippen molar-refractivity contribution in [3.63, 3.8) is 0 Å². The molecule has 0 aliphatic heterocycles. The Kier molecular flexibility index (Phi) is 21.2. The molecule has 2 N–H and O–H groups in total. The third-order valence-corrected chi connectivity index (χ3v) is 5.23. The zero-order valence-electron chi connectivity index (χ0n) is 20.8. The van der Waals surface area contributed by atoms with Gasteiger partial charge in [0.25, 0.3) is 0 Å². The fourth-order valence-corrected chi connectivity index (χ4v) is 3.17. The molecule has 198 valence electrons. The lowest BCUT2D eigenvalue weighted by molar-refractivity contribution is -0.161. The Hall–Kier alpha value is -2.16. The van der Waals surface area contributed by atoms with Gasteiger partial charge < -0.3 is 24.4 Å². The van der Waals surface area contributed by atoms with Crippen LogP contribution >= 0.6 is 0 Å². The first-order chi connectivity index (χ1) is 16.4. The lowest BCUT2D eigenvalue weighted by Crippen LogP contribution is -2.28. The zero-order chi connectivity index (χ0) is 25.4. The van der Waals surface area contributed by atoms with Crippen molar-refractivity contribution >= 4 is 23.9 Å². The van der Waals surface area contributed by atoms with E-state index in [0.717, 1.165) is 57.8 Å². The first-order valence-corrected chi connectivity index (χ1v) is 12.7. The van der Waals surface area contributed by atoms with E-state index in [1.54, 1.807) is 0 Å². The number of aliphatic hydroxyl groups is 1. The minimum Gasteiger partial charge on any atom is -0.481 e. The van der Waals surface area contributed by atoms with Gasteiger partial charge in [-0.3, -0.25) is 19.2 Å². The summed E-state index contributed by atoms with van der Waals surface area (Å²) in [6.07, 6.45) is 9.95. The first kappa shape index (κ1) is 31.8. The number of aliphatic carboxylic acids is 1. The number of carbonyl (C=O) groups is 4. The van der Waals surface area contributed by atoms with Gasteiger partial charge in [-0.15, -0.1) is 0 Å². The standard InChI is InChI=1S/C25H44O9/c1-2-3-18-32-23(29)15-11-8-5-9-13-17-25(31)34-21(19-26)20-33-24(30)16-12-7-4-6-10-14-22(27)28/h21,26H,2-20H2,1H3,(H,27,28). The molecule has 0 amide bonds. The third-order valence-electron chi connectivity index (χ3n) is 5.23. The molecule has 9 nitrogen and oxygen atoms in total. The zero-order valence-corrected chi connectivity index (χ0v) is 20.8. The largest absolute Gasteiger partial charge is 0.481 e. The van der Waals surface area contributed by atoms with Gasteiger partial charge in [0.05, 0.1) is 13.2 Å². The lowest BCUT2D eigenvalue weighted by atomic mass is 10.1. The van der Waals surface area contributed by atoms with Crippen molar-refractivity contribution in [2.75, 3.05) is 19.8 Å². The molecule has 0 saturated carbocycles. The third kappa shape index (κ3) is 21.7. The molecule has 0 aromatic heterocycles. The number of unbranched alkanes of at least 4 members (excludes halogenated alkanes) is 9. The van der Waals surface area contributed by atoms with Crippen molar-refractivity contribution in [3.8, 4) is 0 Å². The van der Waals surface area contributed by atoms with Crippen LogP contribution in [0.25, 0.3) is 0 Å². The highest BCUT2D eigenvalue weighted by Crippen LogP contribution is 2.10. The fraction of sp³-hybridized carbons (Fsp3) is 0.840. The average Bonchev–Trinajstić information content (AvgIpc) is 2.80. The van der Waals surface area contributed by atoms with Gasteiger partial charge >= 0.3 is 23.9 Å². The van der Waals surface area contributed by atoms with E-state index in [1.807, 2.05) is 6.92 Å². The summed E-state index contributed by atoms with van der Waals surface area (Å²) >= 11 is 0. The molecule has 1 atom stereocenters. The first-order valence-electron chi connectivity index (χ1n) is 12.7. The lowest BCUT2D eigenvalue weighted by Gasteiger charge is -2.15. The number of carbonyl (C=O) groups excluding carboxylic acids is 3. The van der Waals surface area contributed by atoms with E-state index in [0.29, 0.717) is 32.3 Å². The number of hydrogen-bond acceptors (Lipinski definition) is 8. The second-order valence-electron chi connectivity index (χ2n) is 8.48. The van der Waals surface area contributed by atoms with E-state index in [1.165, 1.54) is 0 Å². The molecule has 1 unspecified atom stereocenters. The highest BCUT2D eigenvalue weighted by Gasteiger charge is 2.16. The summed E-state index contributed by atoms with van der Waals surface area (Å²) in [5.74, 6) is -1.79. The van der Waals surface area contributed by atoms with Crippen LogP contribution in [0.4, 0.5) is 0 Å². The quantitative estimate of drug-likeness (QED) is 0.122. The van der Waals surface area contributed by atoms with E-state index >= 15 is 0 Å². The molecule has 0 rings (SSSR count). The van der Waals surface area contributed by atoms with Crippen molar-refractivity contribution in [1.29, 1.82) is 0 Å². The number of carboxylic acids is 1. The van der Waals surface area contributed by atoms with Crippen LogP contribution in [-0.4, -0.2) is 60.0 Å². The summed E-state index contributed by atoms with van der Waals surface area (Å²) in [6, 6.07) is 0. The van der Waals surface area contributed by atoms with E-state index < -0.39 is 30.6 Å². The monoisotopic (exact) mass is 488 g/mol. The van der Waals surface area contributed by atoms with Crippen molar-refractivity contribution in [2.45, 2.75) is 116 Å². The van der Waals surface area contributed by atoms with Crippen LogP contribution in [-0.2, 0) is 33.4 Å². The SMILES string of the molecule is CCCCOC(=O)CCCCCCCC(=O)OC(CO)COC(=O)CCCCCCCC(=O)O. The average molecular weight is 489 g/mol. The van der Waals surface area contributed by atoms with E-state index in [2.05, 4.69) is 0 Å². The van der Waals surface area contributed by atoms with E-state index in [-0.39, 0.29) is 31.8 Å². The Morgan fingerprint density at radius 3 is 1.62 bits per heavy atom. The maximum absolute atomic E-state index is 11.9. The maximum Gasteiger partial charge on any atom is 0.306 e. The van der Waals surface area contributed by atoms with Crippen LogP contribution in [0.15, 0.2) is 0 Å². The minimum absolute atomic E-state index is 0.152. The van der Waals surface area contributed by atoms with Crippen molar-refractivity contribution in [3.05, 3.63) is 0 Å². The van der Waals surface area contributed by atoms with Gasteiger partial charge in [-0.05, 0) is 32.1 Å². The second kappa shape index (κ2) is 22.6. The van der Waals surface area contributed by atoms with Crippen molar-refractivity contribution < 1.29 is 43.6 Å². The molecule has 0 bridgehead atoms. The van der Waals surface area contributed by atoms with E-state index in [4.69, 9.17) is 19.3 Å². The number of esters is 3. The summed E-state index contributed by atoms with van der Waals surface area (Å²) in [4.78, 5) is 45.6. The van der Waals surface area contributed by atoms with Crippen LogP contribution in [0, 0.1) is 0 Å². The Labute approximate surface area is 203 Å². The summed E-state index contributed by atoms with van der Waals surface area (Å²) in [5, 5.41) is 17.9. The number of carboxylic acid groups (broad SMARTS) is 1. The van der Waals surface area contributed by atoms with Gasteiger partial charge in [-0.25, -0.2) is 0 Å². The second-order valence-corrected chi connectivity index (χ2v) is 8.48. The number of ether oxygens (including phenoxy) is 3. The van der Waals surface area contributed by atoms with Gasteiger partial charge in [-0.1, -0.05) is 51.9 Å². The summed E-state index contributed by atoms with van der Waals surface area (Å²) in [6.45, 7) is 1.94.